The SMILES string of the molecule is O[C@@H](C[C@@H]1CCCCCN1Cc1nnsc1Cl)c1ccco1. The average molecular weight is 342 g/mol. The quantitative estimate of drug-likeness (QED) is 0.899. The number of halogens is 1. The van der Waals surface area contributed by atoms with Gasteiger partial charge in [-0.1, -0.05) is 28.9 Å². The van der Waals surface area contributed by atoms with E-state index in [4.69, 9.17) is 16.0 Å². The van der Waals surface area contributed by atoms with Crippen molar-refractivity contribution in [1.82, 2.24) is 14.5 Å². The highest BCUT2D eigenvalue weighted by atomic mass is 35.5. The monoisotopic (exact) mass is 341 g/mol. The van der Waals surface area contributed by atoms with Crippen LogP contribution in [0.25, 0.3) is 0 Å². The molecular weight excluding hydrogens is 322 g/mol. The Bertz CT molecular complexity index is 575. The Morgan fingerprint density at radius 1 is 1.45 bits per heavy atom. The molecule has 0 bridgehead atoms. The number of hydrogen-bond acceptors (Lipinski definition) is 6. The fourth-order valence-electron chi connectivity index (χ4n) is 3.05. The Kier molecular flexibility index (Phi) is 5.46. The molecule has 1 fully saturated rings. The number of likely N-dealkylation sites (tertiary alicyclic amines) is 1. The second kappa shape index (κ2) is 7.55. The number of hydrogen-bond donors (Lipinski definition) is 1. The molecule has 22 heavy (non-hydrogen) atoms. The number of nitrogens with zero attached hydrogens (tertiary/aromatic N) is 3. The van der Waals surface area contributed by atoms with Crippen LogP contribution >= 0.6 is 23.1 Å². The number of rotatable bonds is 5. The van der Waals surface area contributed by atoms with E-state index in [2.05, 4.69) is 14.5 Å². The molecule has 0 radical (unpaired) electrons. The first-order valence-corrected chi connectivity index (χ1v) is 8.81. The van der Waals surface area contributed by atoms with E-state index in [1.54, 1.807) is 6.26 Å². The molecular formula is C15H20ClN3O2S. The standard InChI is InChI=1S/C15H20ClN3O2S/c16-15-12(17-18-22-15)10-19-7-3-1-2-5-11(19)9-13(20)14-6-4-8-21-14/h4,6,8,11,13,20H,1-3,5,7,9-10H2/t11-,13-/m0/s1. The maximum atomic E-state index is 10.4. The van der Waals surface area contributed by atoms with Crippen molar-refractivity contribution in [2.45, 2.75) is 50.8 Å². The van der Waals surface area contributed by atoms with Crippen molar-refractivity contribution >= 4 is 23.1 Å². The van der Waals surface area contributed by atoms with E-state index in [1.807, 2.05) is 12.1 Å². The molecule has 120 valence electrons. The first-order valence-electron chi connectivity index (χ1n) is 7.66. The number of aromatic nitrogens is 2. The molecule has 3 heterocycles. The van der Waals surface area contributed by atoms with Crippen LogP contribution in [0.1, 0.15) is 49.7 Å². The van der Waals surface area contributed by atoms with Gasteiger partial charge in [0.05, 0.1) is 6.26 Å². The van der Waals surface area contributed by atoms with Gasteiger partial charge >= 0.3 is 0 Å². The van der Waals surface area contributed by atoms with Crippen molar-refractivity contribution in [2.24, 2.45) is 0 Å². The molecule has 5 nitrogen and oxygen atoms in total. The third kappa shape index (κ3) is 3.87. The number of aliphatic hydroxyl groups is 1. The van der Waals surface area contributed by atoms with Gasteiger partial charge in [-0.3, -0.25) is 4.90 Å². The lowest BCUT2D eigenvalue weighted by molar-refractivity contribution is 0.0825. The molecule has 3 rings (SSSR count). The number of furan rings is 1. The van der Waals surface area contributed by atoms with Crippen molar-refractivity contribution in [1.29, 1.82) is 0 Å². The maximum absolute atomic E-state index is 10.4. The zero-order chi connectivity index (χ0) is 15.4. The van der Waals surface area contributed by atoms with Gasteiger partial charge in [-0.25, -0.2) is 0 Å². The highest BCUT2D eigenvalue weighted by Gasteiger charge is 2.26. The summed E-state index contributed by atoms with van der Waals surface area (Å²) >= 11 is 7.36. The third-order valence-electron chi connectivity index (χ3n) is 4.23. The third-order valence-corrected chi connectivity index (χ3v) is 5.21. The lowest BCUT2D eigenvalue weighted by atomic mass is 10.0. The molecule has 2 atom stereocenters. The summed E-state index contributed by atoms with van der Waals surface area (Å²) in [4.78, 5) is 2.38. The molecule has 0 spiro atoms. The average Bonchev–Trinajstić information content (AvgIpc) is 3.12. The van der Waals surface area contributed by atoms with Crippen LogP contribution in [0.2, 0.25) is 4.34 Å². The summed E-state index contributed by atoms with van der Waals surface area (Å²) < 4.78 is 9.89. The van der Waals surface area contributed by atoms with Crippen LogP contribution in [0.3, 0.4) is 0 Å². The highest BCUT2D eigenvalue weighted by Crippen LogP contribution is 2.29. The first-order chi connectivity index (χ1) is 10.7. The van der Waals surface area contributed by atoms with Gasteiger partial charge < -0.3 is 9.52 Å². The molecule has 2 aromatic heterocycles. The van der Waals surface area contributed by atoms with E-state index in [9.17, 15) is 5.11 Å². The lowest BCUT2D eigenvalue weighted by Gasteiger charge is -2.30. The van der Waals surface area contributed by atoms with Crippen LogP contribution in [0, 0.1) is 0 Å². The van der Waals surface area contributed by atoms with E-state index in [0.717, 1.165) is 18.7 Å². The van der Waals surface area contributed by atoms with Crippen LogP contribution < -0.4 is 0 Å². The minimum Gasteiger partial charge on any atom is -0.467 e. The van der Waals surface area contributed by atoms with Crippen molar-refractivity contribution < 1.29 is 9.52 Å². The topological polar surface area (TPSA) is 62.4 Å². The van der Waals surface area contributed by atoms with Gasteiger partial charge in [-0.05, 0) is 37.9 Å². The second-order valence-electron chi connectivity index (χ2n) is 5.73. The predicted molar refractivity (Wildman–Crippen MR) is 85.9 cm³/mol. The summed E-state index contributed by atoms with van der Waals surface area (Å²) in [5.41, 5.74) is 0.839. The van der Waals surface area contributed by atoms with Gasteiger partial charge in [0.2, 0.25) is 0 Å². The maximum Gasteiger partial charge on any atom is 0.138 e. The van der Waals surface area contributed by atoms with E-state index in [1.165, 1.54) is 30.8 Å². The normalized spacial score (nSPS) is 21.6. The van der Waals surface area contributed by atoms with Gasteiger partial charge in [0.15, 0.2) is 0 Å². The zero-order valence-corrected chi connectivity index (χ0v) is 13.9. The van der Waals surface area contributed by atoms with Crippen molar-refractivity contribution in [2.75, 3.05) is 6.54 Å². The number of aliphatic hydroxyl groups excluding tert-OH is 1. The molecule has 0 saturated carbocycles. The summed E-state index contributed by atoms with van der Waals surface area (Å²) in [5.74, 6) is 0.637. The summed E-state index contributed by atoms with van der Waals surface area (Å²) in [6, 6.07) is 3.94. The predicted octanol–water partition coefficient (Wildman–Crippen LogP) is 3.65. The smallest absolute Gasteiger partial charge is 0.138 e. The zero-order valence-electron chi connectivity index (χ0n) is 12.3. The summed E-state index contributed by atoms with van der Waals surface area (Å²) in [5, 5.41) is 14.5. The first kappa shape index (κ1) is 15.9. The van der Waals surface area contributed by atoms with Crippen LogP contribution in [0.5, 0.6) is 0 Å². The van der Waals surface area contributed by atoms with Gasteiger partial charge in [0.1, 0.15) is 21.9 Å². The molecule has 1 saturated heterocycles. The van der Waals surface area contributed by atoms with Gasteiger partial charge in [-0.2, -0.15) is 0 Å². The minimum absolute atomic E-state index is 0.306. The lowest BCUT2D eigenvalue weighted by Crippen LogP contribution is -2.35. The summed E-state index contributed by atoms with van der Waals surface area (Å²) in [7, 11) is 0. The van der Waals surface area contributed by atoms with Crippen LogP contribution in [-0.2, 0) is 6.54 Å². The van der Waals surface area contributed by atoms with E-state index in [0.29, 0.717) is 29.1 Å². The summed E-state index contributed by atoms with van der Waals surface area (Å²) in [6.45, 7) is 1.70. The summed E-state index contributed by atoms with van der Waals surface area (Å²) in [6.07, 6.45) is 6.37. The fourth-order valence-corrected chi connectivity index (χ4v) is 3.66. The Balaban J connectivity index is 1.69. The molecule has 1 N–H and O–H groups in total. The Morgan fingerprint density at radius 2 is 2.36 bits per heavy atom. The largest absolute Gasteiger partial charge is 0.467 e. The molecule has 1 aliphatic heterocycles. The van der Waals surface area contributed by atoms with Crippen LogP contribution in [0.4, 0.5) is 0 Å². The highest BCUT2D eigenvalue weighted by molar-refractivity contribution is 7.10. The van der Waals surface area contributed by atoms with E-state index in [-0.39, 0.29) is 0 Å². The van der Waals surface area contributed by atoms with Crippen molar-refractivity contribution in [3.8, 4) is 0 Å². The molecule has 2 aromatic rings. The van der Waals surface area contributed by atoms with Crippen LogP contribution in [0.15, 0.2) is 22.8 Å². The molecule has 0 aromatic carbocycles. The van der Waals surface area contributed by atoms with Gasteiger partial charge in [0, 0.05) is 24.1 Å². The Labute approximate surface area is 139 Å². The fraction of sp³-hybridized carbons (Fsp3) is 0.600. The molecule has 0 aliphatic carbocycles. The van der Waals surface area contributed by atoms with E-state index >= 15 is 0 Å². The van der Waals surface area contributed by atoms with Gasteiger partial charge in [0.25, 0.3) is 0 Å². The Hall–Kier alpha value is -0.950. The van der Waals surface area contributed by atoms with Crippen molar-refractivity contribution in [3.63, 3.8) is 0 Å². The molecule has 0 amide bonds. The second-order valence-corrected chi connectivity index (χ2v) is 7.09. The Morgan fingerprint density at radius 3 is 3.09 bits per heavy atom. The minimum atomic E-state index is -0.565. The van der Waals surface area contributed by atoms with Crippen LogP contribution in [-0.4, -0.2) is 32.2 Å². The molecule has 0 unspecified atom stereocenters. The van der Waals surface area contributed by atoms with Gasteiger partial charge in [-0.15, -0.1) is 5.10 Å². The molecule has 7 heteroatoms. The van der Waals surface area contributed by atoms with Crippen molar-refractivity contribution in [3.05, 3.63) is 34.2 Å². The molecule has 1 aliphatic rings. The van der Waals surface area contributed by atoms with E-state index < -0.39 is 6.10 Å².